The molecule has 6 heteroatoms. The number of aryl methyl sites for hydroxylation is 1. The molecule has 1 N–H and O–H groups in total. The van der Waals surface area contributed by atoms with Crippen molar-refractivity contribution in [2.75, 3.05) is 5.32 Å². The molecule has 2 aromatic heterocycles. The van der Waals surface area contributed by atoms with Gasteiger partial charge in [-0.2, -0.15) is 0 Å². The van der Waals surface area contributed by atoms with Crippen molar-refractivity contribution < 1.29 is 0 Å². The van der Waals surface area contributed by atoms with Gasteiger partial charge in [0.1, 0.15) is 0 Å². The first-order chi connectivity index (χ1) is 8.72. The molecular weight excluding hydrogens is 264 g/mol. The molecule has 0 aromatic carbocycles. The second kappa shape index (κ2) is 6.24. The zero-order chi connectivity index (χ0) is 13.0. The molecule has 1 atom stereocenters. The van der Waals surface area contributed by atoms with Gasteiger partial charge < -0.3 is 5.32 Å². The summed E-state index contributed by atoms with van der Waals surface area (Å²) in [5.41, 5.74) is 0. The van der Waals surface area contributed by atoms with Gasteiger partial charge in [-0.3, -0.25) is 0 Å². The van der Waals surface area contributed by atoms with E-state index in [9.17, 15) is 0 Å². The Labute approximate surface area is 116 Å². The van der Waals surface area contributed by atoms with Crippen LogP contribution in [-0.2, 0) is 6.42 Å². The average molecular weight is 282 g/mol. The third-order valence-corrected chi connectivity index (χ3v) is 4.72. The van der Waals surface area contributed by atoms with E-state index in [2.05, 4.69) is 41.3 Å². The zero-order valence-electron chi connectivity index (χ0n) is 10.9. The molecule has 4 nitrogen and oxygen atoms in total. The lowest BCUT2D eigenvalue weighted by Gasteiger charge is -2.07. The number of hydrogen-bond donors (Lipinski definition) is 1. The van der Waals surface area contributed by atoms with E-state index in [4.69, 9.17) is 0 Å². The van der Waals surface area contributed by atoms with Crippen LogP contribution in [0.3, 0.4) is 0 Å². The zero-order valence-corrected chi connectivity index (χ0v) is 12.6. The van der Waals surface area contributed by atoms with Crippen molar-refractivity contribution in [2.24, 2.45) is 0 Å². The first-order valence-electron chi connectivity index (χ1n) is 6.28. The van der Waals surface area contributed by atoms with Crippen LogP contribution in [0.2, 0.25) is 0 Å². The molecular formula is C12H18N4S2. The fourth-order valence-electron chi connectivity index (χ4n) is 1.43. The molecule has 0 saturated heterocycles. The lowest BCUT2D eigenvalue weighted by molar-refractivity contribution is 0.760. The summed E-state index contributed by atoms with van der Waals surface area (Å²) >= 11 is 3.32. The van der Waals surface area contributed by atoms with Crippen molar-refractivity contribution in [3.05, 3.63) is 11.2 Å². The molecule has 0 radical (unpaired) electrons. The SMILES string of the molecule is CCCc1ncc(-c2nnc(NC(C)CC)s2)s1. The van der Waals surface area contributed by atoms with Crippen LogP contribution in [0.4, 0.5) is 5.13 Å². The van der Waals surface area contributed by atoms with E-state index in [-0.39, 0.29) is 0 Å². The molecule has 0 amide bonds. The highest BCUT2D eigenvalue weighted by atomic mass is 32.1. The van der Waals surface area contributed by atoms with Crippen LogP contribution in [-0.4, -0.2) is 21.2 Å². The smallest absolute Gasteiger partial charge is 0.206 e. The predicted octanol–water partition coefficient (Wildman–Crippen LogP) is 3.82. The summed E-state index contributed by atoms with van der Waals surface area (Å²) in [7, 11) is 0. The summed E-state index contributed by atoms with van der Waals surface area (Å²) in [4.78, 5) is 5.52. The van der Waals surface area contributed by atoms with Crippen LogP contribution in [0.5, 0.6) is 0 Å². The van der Waals surface area contributed by atoms with Gasteiger partial charge in [0.05, 0.1) is 9.88 Å². The van der Waals surface area contributed by atoms with Crippen LogP contribution < -0.4 is 5.32 Å². The molecule has 0 saturated carbocycles. The van der Waals surface area contributed by atoms with E-state index in [1.807, 2.05) is 6.20 Å². The van der Waals surface area contributed by atoms with Gasteiger partial charge in [0.25, 0.3) is 0 Å². The molecule has 2 aromatic rings. The van der Waals surface area contributed by atoms with E-state index in [1.165, 1.54) is 5.01 Å². The van der Waals surface area contributed by atoms with E-state index < -0.39 is 0 Å². The number of anilines is 1. The molecule has 1 unspecified atom stereocenters. The quantitative estimate of drug-likeness (QED) is 0.875. The number of aromatic nitrogens is 3. The molecule has 0 aliphatic carbocycles. The van der Waals surface area contributed by atoms with Crippen LogP contribution >= 0.6 is 22.7 Å². The number of nitrogens with one attached hydrogen (secondary N) is 1. The highest BCUT2D eigenvalue weighted by molar-refractivity contribution is 7.23. The Morgan fingerprint density at radius 1 is 1.28 bits per heavy atom. The highest BCUT2D eigenvalue weighted by Gasteiger charge is 2.11. The first kappa shape index (κ1) is 13.4. The van der Waals surface area contributed by atoms with Crippen LogP contribution in [0, 0.1) is 0 Å². The van der Waals surface area contributed by atoms with Gasteiger partial charge in [0.2, 0.25) is 5.13 Å². The molecule has 0 bridgehead atoms. The predicted molar refractivity (Wildman–Crippen MR) is 78.4 cm³/mol. The summed E-state index contributed by atoms with van der Waals surface area (Å²) in [5.74, 6) is 0. The van der Waals surface area contributed by atoms with Crippen molar-refractivity contribution in [2.45, 2.75) is 46.1 Å². The first-order valence-corrected chi connectivity index (χ1v) is 7.91. The molecule has 18 heavy (non-hydrogen) atoms. The minimum atomic E-state index is 0.433. The van der Waals surface area contributed by atoms with Gasteiger partial charge in [0, 0.05) is 12.2 Å². The Hall–Kier alpha value is -1.01. The van der Waals surface area contributed by atoms with Crippen LogP contribution in [0.25, 0.3) is 9.88 Å². The number of hydrogen-bond acceptors (Lipinski definition) is 6. The lowest BCUT2D eigenvalue weighted by atomic mass is 10.3. The van der Waals surface area contributed by atoms with Crippen molar-refractivity contribution in [1.29, 1.82) is 0 Å². The van der Waals surface area contributed by atoms with Gasteiger partial charge in [-0.25, -0.2) is 4.98 Å². The Balaban J connectivity index is 2.08. The average Bonchev–Trinajstić information content (AvgIpc) is 2.98. The minimum Gasteiger partial charge on any atom is -0.358 e. The molecule has 2 heterocycles. The van der Waals surface area contributed by atoms with Gasteiger partial charge in [0.15, 0.2) is 5.01 Å². The molecule has 0 fully saturated rings. The minimum absolute atomic E-state index is 0.433. The van der Waals surface area contributed by atoms with E-state index in [0.717, 1.165) is 34.3 Å². The van der Waals surface area contributed by atoms with Gasteiger partial charge >= 0.3 is 0 Å². The summed E-state index contributed by atoms with van der Waals surface area (Å²) in [6, 6.07) is 0.433. The van der Waals surface area contributed by atoms with E-state index in [0.29, 0.717) is 6.04 Å². The fraction of sp³-hybridized carbons (Fsp3) is 0.583. The summed E-state index contributed by atoms with van der Waals surface area (Å²) in [5, 5.41) is 14.8. The second-order valence-corrected chi connectivity index (χ2v) is 6.33. The van der Waals surface area contributed by atoms with Crippen LogP contribution in [0.1, 0.15) is 38.6 Å². The van der Waals surface area contributed by atoms with Gasteiger partial charge in [-0.05, 0) is 26.2 Å². The monoisotopic (exact) mass is 282 g/mol. The van der Waals surface area contributed by atoms with Gasteiger partial charge in [-0.1, -0.05) is 25.2 Å². The molecule has 0 aliphatic heterocycles. The lowest BCUT2D eigenvalue weighted by Crippen LogP contribution is -2.12. The summed E-state index contributed by atoms with van der Waals surface area (Å²) in [6.45, 7) is 6.47. The number of rotatable bonds is 6. The fourth-order valence-corrected chi connectivity index (χ4v) is 3.34. The highest BCUT2D eigenvalue weighted by Crippen LogP contribution is 2.31. The third kappa shape index (κ3) is 3.26. The van der Waals surface area contributed by atoms with Gasteiger partial charge in [-0.15, -0.1) is 21.5 Å². The second-order valence-electron chi connectivity index (χ2n) is 4.23. The van der Waals surface area contributed by atoms with Crippen molar-refractivity contribution in [1.82, 2.24) is 15.2 Å². The maximum Gasteiger partial charge on any atom is 0.206 e. The Kier molecular flexibility index (Phi) is 4.66. The van der Waals surface area contributed by atoms with E-state index in [1.54, 1.807) is 22.7 Å². The standard InChI is InChI=1S/C12H18N4S2/c1-4-6-10-13-7-9(17-10)11-15-16-12(18-11)14-8(3)5-2/h7-8H,4-6H2,1-3H3,(H,14,16). The number of nitrogens with zero attached hydrogens (tertiary/aromatic N) is 3. The normalized spacial score (nSPS) is 12.6. The molecule has 0 spiro atoms. The summed E-state index contributed by atoms with van der Waals surface area (Å²) in [6.07, 6.45) is 5.16. The molecule has 2 rings (SSSR count). The van der Waals surface area contributed by atoms with Crippen LogP contribution in [0.15, 0.2) is 6.20 Å². The Bertz CT molecular complexity index is 492. The molecule has 98 valence electrons. The number of thiazole rings is 1. The Morgan fingerprint density at radius 2 is 2.11 bits per heavy atom. The topological polar surface area (TPSA) is 50.7 Å². The maximum atomic E-state index is 4.41. The molecule has 0 aliphatic rings. The Morgan fingerprint density at radius 3 is 2.83 bits per heavy atom. The summed E-state index contributed by atoms with van der Waals surface area (Å²) < 4.78 is 0. The van der Waals surface area contributed by atoms with Crippen molar-refractivity contribution in [3.63, 3.8) is 0 Å². The van der Waals surface area contributed by atoms with E-state index >= 15 is 0 Å². The maximum absolute atomic E-state index is 4.41. The third-order valence-electron chi connectivity index (χ3n) is 2.64. The van der Waals surface area contributed by atoms with Crippen molar-refractivity contribution in [3.8, 4) is 9.88 Å². The van der Waals surface area contributed by atoms with Crippen molar-refractivity contribution >= 4 is 27.8 Å². The largest absolute Gasteiger partial charge is 0.358 e.